The third kappa shape index (κ3) is 5.55. The fraction of sp³-hybridized carbons (Fsp3) is 0.278. The molecule has 8 heteroatoms. The van der Waals surface area contributed by atoms with E-state index in [1.807, 2.05) is 32.9 Å². The lowest BCUT2D eigenvalue weighted by Gasteiger charge is -2.06. The summed E-state index contributed by atoms with van der Waals surface area (Å²) in [5.41, 5.74) is 10.8. The van der Waals surface area contributed by atoms with E-state index in [0.717, 1.165) is 50.0 Å². The molecular formula is C36H38N4O4. The molecule has 0 aliphatic carbocycles. The van der Waals surface area contributed by atoms with Gasteiger partial charge in [-0.2, -0.15) is 0 Å². The Morgan fingerprint density at radius 3 is 1.68 bits per heavy atom. The quantitative estimate of drug-likeness (QED) is 0.256. The Hall–Kier alpha value is -4.98. The maximum absolute atomic E-state index is 12.3. The number of rotatable bonds is 8. The van der Waals surface area contributed by atoms with Crippen LogP contribution in [-0.2, 0) is 19.1 Å². The first kappa shape index (κ1) is 26.6. The van der Waals surface area contributed by atoms with Crippen molar-refractivity contribution >= 4 is 68.4 Å². The molecule has 8 bridgehead atoms. The number of nitrogens with one attached hydrogen (secondary N) is 2. The number of aryl methyl sites for hydroxylation is 2. The van der Waals surface area contributed by atoms with Gasteiger partial charge < -0.3 is 19.4 Å². The Labute approximate surface area is 261 Å². The summed E-state index contributed by atoms with van der Waals surface area (Å²) in [6.45, 7) is 11.4. The molecule has 0 spiro atoms. The molecule has 0 saturated carbocycles. The molecule has 44 heavy (non-hydrogen) atoms. The highest BCUT2D eigenvalue weighted by Crippen LogP contribution is 2.38. The number of esters is 2. The average Bonchev–Trinajstić information content (AvgIpc) is 3.71. The molecule has 5 heterocycles. The van der Waals surface area contributed by atoms with Gasteiger partial charge in [-0.25, -0.2) is 9.97 Å². The summed E-state index contributed by atoms with van der Waals surface area (Å²) >= 11 is 0. The lowest BCUT2D eigenvalue weighted by atomic mass is 9.98. The summed E-state index contributed by atoms with van der Waals surface area (Å²) in [5, 5.41) is 0. The Morgan fingerprint density at radius 1 is 0.727 bits per heavy atom. The summed E-state index contributed by atoms with van der Waals surface area (Å²) < 4.78 is 35.4. The summed E-state index contributed by atoms with van der Waals surface area (Å²) in [6.07, 6.45) is 4.11. The van der Waals surface area contributed by atoms with Crippen molar-refractivity contribution in [1.82, 2.24) is 19.9 Å². The van der Waals surface area contributed by atoms with E-state index in [0.29, 0.717) is 34.6 Å². The van der Waals surface area contributed by atoms with Gasteiger partial charge in [-0.1, -0.05) is 25.3 Å². The summed E-state index contributed by atoms with van der Waals surface area (Å²) in [5.74, 6) is -0.828. The molecule has 2 aliphatic heterocycles. The second kappa shape index (κ2) is 12.3. The first-order valence-electron chi connectivity index (χ1n) is 15.9. The molecular weight excluding hydrogens is 552 g/mol. The smallest absolute Gasteiger partial charge is 0.305 e. The van der Waals surface area contributed by atoms with E-state index in [9.17, 15) is 9.59 Å². The molecule has 0 radical (unpaired) electrons. The summed E-state index contributed by atoms with van der Waals surface area (Å²) in [7, 11) is 2.64. The van der Waals surface area contributed by atoms with Crippen molar-refractivity contribution < 1.29 is 23.2 Å². The number of aromatic amines is 2. The lowest BCUT2D eigenvalue weighted by molar-refractivity contribution is -0.141. The Bertz CT molecular complexity index is 2060. The van der Waals surface area contributed by atoms with Gasteiger partial charge in [-0.05, 0) is 98.1 Å². The van der Waals surface area contributed by atoms with Gasteiger partial charge >= 0.3 is 11.9 Å². The minimum atomic E-state index is -2.55. The molecule has 3 aromatic heterocycles. The van der Waals surface area contributed by atoms with Crippen LogP contribution in [0.5, 0.6) is 0 Å². The third-order valence-corrected chi connectivity index (χ3v) is 8.38. The van der Waals surface area contributed by atoms with E-state index in [1.165, 1.54) is 14.2 Å². The number of fused-ring (bicyclic) bond motifs is 8. The highest BCUT2D eigenvalue weighted by molar-refractivity contribution is 5.97. The van der Waals surface area contributed by atoms with E-state index in [2.05, 4.69) is 23.1 Å². The Morgan fingerprint density at radius 2 is 1.18 bits per heavy atom. The highest BCUT2D eigenvalue weighted by Gasteiger charge is 2.23. The minimum Gasteiger partial charge on any atom is -0.469 e. The van der Waals surface area contributed by atoms with Crippen molar-refractivity contribution in [2.24, 2.45) is 0 Å². The van der Waals surface area contributed by atoms with E-state index < -0.39 is 12.8 Å². The third-order valence-electron chi connectivity index (χ3n) is 8.38. The van der Waals surface area contributed by atoms with Crippen LogP contribution in [0.2, 0.25) is 0 Å². The molecule has 5 rings (SSSR count). The predicted molar refractivity (Wildman–Crippen MR) is 178 cm³/mol. The van der Waals surface area contributed by atoms with Crippen molar-refractivity contribution in [2.75, 3.05) is 14.2 Å². The molecule has 0 unspecified atom stereocenters. The molecule has 8 nitrogen and oxygen atoms in total. The van der Waals surface area contributed by atoms with Crippen LogP contribution in [0.15, 0.2) is 37.4 Å². The SMILES string of the molecule is [2H]C([2H])([2H])C1=C(CCC(=O)OC)c2cc3nc(cc4[nH]c(cc5[nH]c(cc1n2)c(C)c5C=C)c(C)c4C=C)C(C)=C3CCC(=O)OC. The van der Waals surface area contributed by atoms with Crippen molar-refractivity contribution in [3.8, 4) is 0 Å². The number of H-pyrrole nitrogens is 2. The van der Waals surface area contributed by atoms with Crippen LogP contribution >= 0.6 is 0 Å². The first-order valence-corrected chi connectivity index (χ1v) is 14.4. The van der Waals surface area contributed by atoms with Gasteiger partial charge in [0.1, 0.15) is 0 Å². The number of allylic oxidation sites excluding steroid dienone is 4. The maximum Gasteiger partial charge on any atom is 0.305 e. The Balaban J connectivity index is 1.96. The van der Waals surface area contributed by atoms with Gasteiger partial charge in [0, 0.05) is 50.1 Å². The average molecular weight is 594 g/mol. The van der Waals surface area contributed by atoms with Crippen LogP contribution in [0.4, 0.5) is 0 Å². The van der Waals surface area contributed by atoms with Crippen molar-refractivity contribution in [3.05, 3.63) is 82.5 Å². The van der Waals surface area contributed by atoms with Gasteiger partial charge in [0.2, 0.25) is 0 Å². The van der Waals surface area contributed by atoms with Gasteiger partial charge in [0.05, 0.1) is 37.0 Å². The van der Waals surface area contributed by atoms with Crippen molar-refractivity contribution in [1.29, 1.82) is 0 Å². The van der Waals surface area contributed by atoms with Gasteiger partial charge in [0.15, 0.2) is 0 Å². The molecule has 226 valence electrons. The standard InChI is InChI=1S/C36H38N4O4/c1-9-23-19(3)27-15-28-21(5)25(11-13-35(41)43-7)33(39-28)18-34-26(12-14-36(42)44-8)22(6)30(40-34)17-32-24(10-2)20(4)29(38-32)16-31(23)37-27/h9-10,15-18,37-38H,1-2,11-14H2,3-8H3/i5D3. The number of hydrogen-bond acceptors (Lipinski definition) is 6. The molecule has 0 atom stereocenters. The minimum absolute atomic E-state index is 0.0346. The van der Waals surface area contributed by atoms with Gasteiger partial charge in [0.25, 0.3) is 0 Å². The number of nitrogens with zero attached hydrogens (tertiary/aromatic N) is 2. The first-order chi connectivity index (χ1) is 22.3. The number of aromatic nitrogens is 4. The predicted octanol–water partition coefficient (Wildman–Crippen LogP) is 7.99. The summed E-state index contributed by atoms with van der Waals surface area (Å²) in [4.78, 5) is 41.3. The van der Waals surface area contributed by atoms with E-state index >= 15 is 0 Å². The van der Waals surface area contributed by atoms with Crippen LogP contribution in [0.25, 0.3) is 56.5 Å². The molecule has 2 N–H and O–H groups in total. The van der Waals surface area contributed by atoms with E-state index in [4.69, 9.17) is 23.6 Å². The summed E-state index contributed by atoms with van der Waals surface area (Å²) in [6, 6.07) is 7.42. The zero-order valence-corrected chi connectivity index (χ0v) is 25.7. The largest absolute Gasteiger partial charge is 0.469 e. The molecule has 0 aromatic carbocycles. The number of hydrogen-bond donors (Lipinski definition) is 2. The van der Waals surface area contributed by atoms with E-state index in [-0.39, 0.29) is 36.5 Å². The highest BCUT2D eigenvalue weighted by atomic mass is 16.5. The second-order valence-electron chi connectivity index (χ2n) is 10.8. The molecule has 2 aliphatic rings. The van der Waals surface area contributed by atoms with Crippen LogP contribution < -0.4 is 0 Å². The second-order valence-corrected chi connectivity index (χ2v) is 10.8. The number of methoxy groups -OCH3 is 2. The zero-order chi connectivity index (χ0) is 34.2. The number of ether oxygens (including phenoxy) is 2. The van der Waals surface area contributed by atoms with Crippen LogP contribution in [0.1, 0.15) is 88.6 Å². The van der Waals surface area contributed by atoms with Crippen molar-refractivity contribution in [3.63, 3.8) is 0 Å². The van der Waals surface area contributed by atoms with E-state index in [1.54, 1.807) is 24.3 Å². The van der Waals surface area contributed by atoms with Gasteiger partial charge in [-0.3, -0.25) is 9.59 Å². The fourth-order valence-corrected chi connectivity index (χ4v) is 5.77. The lowest BCUT2D eigenvalue weighted by Crippen LogP contribution is -2.01. The van der Waals surface area contributed by atoms with Gasteiger partial charge in [-0.15, -0.1) is 0 Å². The molecule has 0 amide bonds. The molecule has 3 aromatic rings. The van der Waals surface area contributed by atoms with Crippen molar-refractivity contribution in [2.45, 2.75) is 53.3 Å². The van der Waals surface area contributed by atoms with Crippen LogP contribution in [0.3, 0.4) is 0 Å². The number of carbonyl (C=O) groups is 2. The van der Waals surface area contributed by atoms with Crippen LogP contribution in [-0.4, -0.2) is 46.1 Å². The zero-order valence-electron chi connectivity index (χ0n) is 28.7. The molecule has 0 saturated heterocycles. The normalized spacial score (nSPS) is 14.2. The number of carbonyl (C=O) groups excluding carboxylic acids is 2. The molecule has 0 fully saturated rings. The monoisotopic (exact) mass is 593 g/mol. The maximum atomic E-state index is 12.3. The fourth-order valence-electron chi connectivity index (χ4n) is 5.77. The topological polar surface area (TPSA) is 110 Å². The van der Waals surface area contributed by atoms with Crippen LogP contribution in [0, 0.1) is 13.8 Å². The Kier molecular flexibility index (Phi) is 7.46.